The number of likely N-dealkylation sites (tertiary alicyclic amines) is 1. The van der Waals surface area contributed by atoms with Crippen LogP contribution >= 0.6 is 0 Å². The molecule has 1 N–H and O–H groups in total. The number of carbonyl (C=O) groups is 1. The first-order chi connectivity index (χ1) is 10.7. The van der Waals surface area contributed by atoms with Gasteiger partial charge in [-0.25, -0.2) is 4.79 Å². The fraction of sp³-hybridized carbons (Fsp3) is 0.647. The zero-order chi connectivity index (χ0) is 15.5. The maximum atomic E-state index is 11.5. The van der Waals surface area contributed by atoms with Gasteiger partial charge in [0.05, 0.1) is 6.54 Å². The molecule has 0 saturated carbocycles. The van der Waals surface area contributed by atoms with Gasteiger partial charge in [-0.3, -0.25) is 4.68 Å². The lowest BCUT2D eigenvalue weighted by atomic mass is 9.90. The van der Waals surface area contributed by atoms with Crippen LogP contribution < -0.4 is 0 Å². The van der Waals surface area contributed by atoms with Crippen LogP contribution in [0.15, 0.2) is 12.7 Å². The molecule has 22 heavy (non-hydrogen) atoms. The zero-order valence-electron chi connectivity index (χ0n) is 13.1. The highest BCUT2D eigenvalue weighted by Crippen LogP contribution is 2.29. The first kappa shape index (κ1) is 15.3. The summed E-state index contributed by atoms with van der Waals surface area (Å²) in [6.07, 6.45) is 9.82. The van der Waals surface area contributed by atoms with Crippen LogP contribution in [-0.2, 0) is 19.4 Å². The predicted molar refractivity (Wildman–Crippen MR) is 85.2 cm³/mol. The van der Waals surface area contributed by atoms with Crippen molar-refractivity contribution in [2.24, 2.45) is 0 Å². The fourth-order valence-electron chi connectivity index (χ4n) is 3.89. The molecule has 3 rings (SSSR count). The number of aromatic nitrogens is 2. The summed E-state index contributed by atoms with van der Waals surface area (Å²) in [7, 11) is 0. The first-order valence-electron chi connectivity index (χ1n) is 8.37. The molecule has 2 heterocycles. The van der Waals surface area contributed by atoms with Crippen molar-refractivity contribution in [1.82, 2.24) is 14.7 Å². The Hall–Kier alpha value is -1.62. The summed E-state index contributed by atoms with van der Waals surface area (Å²) >= 11 is 0. The summed E-state index contributed by atoms with van der Waals surface area (Å²) in [6, 6.07) is 0.477. The van der Waals surface area contributed by atoms with E-state index in [9.17, 15) is 9.90 Å². The average molecular weight is 303 g/mol. The minimum Gasteiger partial charge on any atom is -0.476 e. The van der Waals surface area contributed by atoms with Crippen LogP contribution in [0, 0.1) is 0 Å². The van der Waals surface area contributed by atoms with Gasteiger partial charge in [0.2, 0.25) is 0 Å². The van der Waals surface area contributed by atoms with Crippen LogP contribution in [0.4, 0.5) is 0 Å². The Morgan fingerprint density at radius 2 is 2.05 bits per heavy atom. The van der Waals surface area contributed by atoms with E-state index in [1.165, 1.54) is 25.7 Å². The van der Waals surface area contributed by atoms with Crippen molar-refractivity contribution in [3.05, 3.63) is 29.6 Å². The van der Waals surface area contributed by atoms with E-state index in [2.05, 4.69) is 16.6 Å². The Kier molecular flexibility index (Phi) is 4.62. The highest BCUT2D eigenvalue weighted by Gasteiger charge is 2.31. The first-order valence-corrected chi connectivity index (χ1v) is 8.37. The number of nitrogens with zero attached hydrogens (tertiary/aromatic N) is 3. The Labute approximate surface area is 131 Å². The minimum atomic E-state index is -0.907. The van der Waals surface area contributed by atoms with E-state index in [0.29, 0.717) is 12.6 Å². The van der Waals surface area contributed by atoms with Crippen molar-refractivity contribution in [1.29, 1.82) is 0 Å². The molecule has 1 saturated heterocycles. The second-order valence-corrected chi connectivity index (χ2v) is 6.40. The predicted octanol–water partition coefficient (Wildman–Crippen LogP) is 2.50. The van der Waals surface area contributed by atoms with Crippen molar-refractivity contribution in [2.45, 2.75) is 57.5 Å². The van der Waals surface area contributed by atoms with Gasteiger partial charge in [-0.2, -0.15) is 5.10 Å². The van der Waals surface area contributed by atoms with Crippen molar-refractivity contribution < 1.29 is 9.90 Å². The van der Waals surface area contributed by atoms with Crippen molar-refractivity contribution in [3.8, 4) is 0 Å². The van der Waals surface area contributed by atoms with Gasteiger partial charge in [0, 0.05) is 17.3 Å². The van der Waals surface area contributed by atoms with Crippen LogP contribution in [0.25, 0.3) is 0 Å². The second-order valence-electron chi connectivity index (χ2n) is 6.40. The summed E-state index contributed by atoms with van der Waals surface area (Å²) in [5, 5.41) is 13.8. The molecule has 0 spiro atoms. The number of aromatic carboxylic acids is 1. The van der Waals surface area contributed by atoms with Gasteiger partial charge in [-0.05, 0) is 45.2 Å². The second kappa shape index (κ2) is 6.65. The number of hydrogen-bond acceptors (Lipinski definition) is 3. The summed E-state index contributed by atoms with van der Waals surface area (Å²) in [6.45, 7) is 6.64. The third-order valence-corrected chi connectivity index (χ3v) is 4.98. The molecule has 1 aromatic rings. The lowest BCUT2D eigenvalue weighted by Gasteiger charge is -2.33. The van der Waals surface area contributed by atoms with E-state index in [1.54, 1.807) is 6.08 Å². The summed E-state index contributed by atoms with van der Waals surface area (Å²) in [5.41, 5.74) is 2.30. The Bertz CT molecular complexity index is 556. The molecular formula is C17H25N3O2. The molecule has 5 heteroatoms. The zero-order valence-corrected chi connectivity index (χ0v) is 13.1. The summed E-state index contributed by atoms with van der Waals surface area (Å²) in [4.78, 5) is 14.1. The lowest BCUT2D eigenvalue weighted by molar-refractivity contribution is 0.0687. The topological polar surface area (TPSA) is 58.4 Å². The summed E-state index contributed by atoms with van der Waals surface area (Å²) < 4.78 is 1.82. The van der Waals surface area contributed by atoms with Crippen LogP contribution in [0.3, 0.4) is 0 Å². The number of allylic oxidation sites excluding steroid dienone is 1. The Morgan fingerprint density at radius 1 is 1.32 bits per heavy atom. The number of carboxylic acids is 1. The van der Waals surface area contributed by atoms with Crippen LogP contribution in [0.2, 0.25) is 0 Å². The van der Waals surface area contributed by atoms with Gasteiger partial charge in [-0.1, -0.05) is 18.9 Å². The molecule has 0 radical (unpaired) electrons. The molecule has 0 aromatic carbocycles. The molecule has 1 aliphatic heterocycles. The molecule has 1 atom stereocenters. The minimum absolute atomic E-state index is 0.247. The highest BCUT2D eigenvalue weighted by molar-refractivity contribution is 5.87. The van der Waals surface area contributed by atoms with Gasteiger partial charge in [0.15, 0.2) is 5.69 Å². The van der Waals surface area contributed by atoms with Crippen molar-refractivity contribution in [3.63, 3.8) is 0 Å². The maximum Gasteiger partial charge on any atom is 0.356 e. The third-order valence-electron chi connectivity index (χ3n) is 4.98. The van der Waals surface area contributed by atoms with Gasteiger partial charge >= 0.3 is 5.97 Å². The smallest absolute Gasteiger partial charge is 0.356 e. The van der Waals surface area contributed by atoms with Crippen molar-refractivity contribution >= 4 is 5.97 Å². The van der Waals surface area contributed by atoms with Gasteiger partial charge in [0.1, 0.15) is 0 Å². The Balaban J connectivity index is 1.84. The van der Waals surface area contributed by atoms with Crippen LogP contribution in [0.1, 0.15) is 53.8 Å². The van der Waals surface area contributed by atoms with E-state index >= 15 is 0 Å². The van der Waals surface area contributed by atoms with Gasteiger partial charge < -0.3 is 10.0 Å². The molecular weight excluding hydrogens is 278 g/mol. The monoisotopic (exact) mass is 303 g/mol. The quantitative estimate of drug-likeness (QED) is 0.868. The summed E-state index contributed by atoms with van der Waals surface area (Å²) in [5.74, 6) is -0.907. The standard InChI is InChI=1S/C17H25N3O2/c1-2-9-20-15-8-7-13(19-10-5-3-4-6-11-19)12-14(15)16(18-20)17(21)22/h2,13H,1,3-12H2,(H,21,22)/t13-/m0/s1. The third kappa shape index (κ3) is 2.95. The molecule has 0 bridgehead atoms. The molecule has 1 aliphatic carbocycles. The number of hydrogen-bond donors (Lipinski definition) is 1. The fourth-order valence-corrected chi connectivity index (χ4v) is 3.89. The molecule has 2 aliphatic rings. The molecule has 5 nitrogen and oxygen atoms in total. The van der Waals surface area contributed by atoms with Gasteiger partial charge in [-0.15, -0.1) is 6.58 Å². The van der Waals surface area contributed by atoms with Crippen molar-refractivity contribution in [2.75, 3.05) is 13.1 Å². The van der Waals surface area contributed by atoms with E-state index in [4.69, 9.17) is 0 Å². The SMILES string of the molecule is C=CCn1nc(C(=O)O)c2c1CC[C@H](N1CCCCCC1)C2. The molecule has 120 valence electrons. The van der Waals surface area contributed by atoms with Crippen LogP contribution in [0.5, 0.6) is 0 Å². The molecule has 0 amide bonds. The average Bonchev–Trinajstić information content (AvgIpc) is 2.70. The van der Waals surface area contributed by atoms with E-state index in [-0.39, 0.29) is 5.69 Å². The van der Waals surface area contributed by atoms with E-state index in [1.807, 2.05) is 4.68 Å². The molecule has 0 unspecified atom stereocenters. The van der Waals surface area contributed by atoms with Crippen LogP contribution in [-0.4, -0.2) is 44.9 Å². The highest BCUT2D eigenvalue weighted by atomic mass is 16.4. The Morgan fingerprint density at radius 3 is 2.68 bits per heavy atom. The lowest BCUT2D eigenvalue weighted by Crippen LogP contribution is -2.40. The van der Waals surface area contributed by atoms with Gasteiger partial charge in [0.25, 0.3) is 0 Å². The van der Waals surface area contributed by atoms with E-state index < -0.39 is 5.97 Å². The number of fused-ring (bicyclic) bond motifs is 1. The molecule has 1 aromatic heterocycles. The normalized spacial score (nSPS) is 22.8. The van der Waals surface area contributed by atoms with E-state index in [0.717, 1.165) is 43.6 Å². The maximum absolute atomic E-state index is 11.5. The number of carboxylic acid groups (broad SMARTS) is 1. The number of rotatable bonds is 4. The molecule has 1 fully saturated rings. The largest absolute Gasteiger partial charge is 0.476 e.